The lowest BCUT2D eigenvalue weighted by molar-refractivity contribution is -0.138. The molecule has 2 aliphatic heterocycles. The van der Waals surface area contributed by atoms with Crippen LogP contribution in [0.25, 0.3) is 0 Å². The third kappa shape index (κ3) is 2.37. The minimum Gasteiger partial charge on any atom is -0.466 e. The summed E-state index contributed by atoms with van der Waals surface area (Å²) in [5.74, 6) is -0.375. The second-order valence-electron chi connectivity index (χ2n) is 6.27. The fourth-order valence-corrected chi connectivity index (χ4v) is 4.17. The number of ether oxygens (including phenoxy) is 1. The Labute approximate surface area is 140 Å². The number of hydrogen-bond donors (Lipinski definition) is 0. The van der Waals surface area contributed by atoms with Gasteiger partial charge in [0, 0.05) is 12.0 Å². The SMILES string of the molecule is COC(=O)C1=C(SC)N2C(=O)CC(C)(C)N2C1c1ccccc1. The van der Waals surface area contributed by atoms with Gasteiger partial charge in [0.25, 0.3) is 0 Å². The third-order valence-electron chi connectivity index (χ3n) is 4.31. The van der Waals surface area contributed by atoms with Crippen LogP contribution in [0.4, 0.5) is 0 Å². The van der Waals surface area contributed by atoms with Crippen LogP contribution >= 0.6 is 11.8 Å². The van der Waals surface area contributed by atoms with Gasteiger partial charge in [0.15, 0.2) is 0 Å². The Balaban J connectivity index is 2.22. The molecule has 0 spiro atoms. The maximum atomic E-state index is 12.6. The molecule has 6 heteroatoms. The van der Waals surface area contributed by atoms with Gasteiger partial charge in [-0.2, -0.15) is 5.01 Å². The van der Waals surface area contributed by atoms with Crippen molar-refractivity contribution in [3.8, 4) is 0 Å². The molecule has 0 aromatic heterocycles. The number of thioether (sulfide) groups is 1. The summed E-state index contributed by atoms with van der Waals surface area (Å²) in [5, 5.41) is 4.35. The van der Waals surface area contributed by atoms with E-state index in [2.05, 4.69) is 0 Å². The Hall–Kier alpha value is -1.79. The number of hydrogen-bond acceptors (Lipinski definition) is 5. The van der Waals surface area contributed by atoms with E-state index >= 15 is 0 Å². The highest BCUT2D eigenvalue weighted by molar-refractivity contribution is 8.02. The quantitative estimate of drug-likeness (QED) is 0.797. The van der Waals surface area contributed by atoms with Gasteiger partial charge in [-0.15, -0.1) is 11.8 Å². The molecule has 2 heterocycles. The Morgan fingerprint density at radius 3 is 2.52 bits per heavy atom. The zero-order valence-electron chi connectivity index (χ0n) is 13.7. The fraction of sp³-hybridized carbons (Fsp3) is 0.412. The normalized spacial score (nSPS) is 23.4. The number of rotatable bonds is 3. The smallest absolute Gasteiger partial charge is 0.338 e. The predicted molar refractivity (Wildman–Crippen MR) is 89.1 cm³/mol. The van der Waals surface area contributed by atoms with E-state index in [-0.39, 0.29) is 23.5 Å². The van der Waals surface area contributed by atoms with Crippen molar-refractivity contribution in [3.63, 3.8) is 0 Å². The monoisotopic (exact) mass is 332 g/mol. The number of fused-ring (bicyclic) bond motifs is 1. The van der Waals surface area contributed by atoms with Crippen molar-refractivity contribution in [1.29, 1.82) is 0 Å². The molecule has 0 bridgehead atoms. The number of methoxy groups -OCH3 is 1. The van der Waals surface area contributed by atoms with Gasteiger partial charge in [-0.1, -0.05) is 30.3 Å². The molecule has 1 fully saturated rings. The minimum absolute atomic E-state index is 0.0131. The van der Waals surface area contributed by atoms with E-state index in [9.17, 15) is 9.59 Å². The van der Waals surface area contributed by atoms with E-state index in [1.807, 2.05) is 55.4 Å². The molecule has 0 saturated carbocycles. The van der Waals surface area contributed by atoms with E-state index in [0.717, 1.165) is 5.56 Å². The number of nitrogens with zero attached hydrogens (tertiary/aromatic N) is 2. The van der Waals surface area contributed by atoms with Crippen LogP contribution in [0.2, 0.25) is 0 Å². The van der Waals surface area contributed by atoms with E-state index in [4.69, 9.17) is 4.74 Å². The third-order valence-corrected chi connectivity index (χ3v) is 5.09. The molecule has 1 atom stereocenters. The van der Waals surface area contributed by atoms with Crippen LogP contribution in [0.15, 0.2) is 40.9 Å². The zero-order valence-corrected chi connectivity index (χ0v) is 14.5. The number of hydrazine groups is 1. The van der Waals surface area contributed by atoms with Crippen LogP contribution in [0.3, 0.4) is 0 Å². The van der Waals surface area contributed by atoms with Crippen LogP contribution in [0, 0.1) is 0 Å². The molecule has 0 radical (unpaired) electrons. The number of carbonyl (C=O) groups is 2. The van der Waals surface area contributed by atoms with E-state index in [1.165, 1.54) is 18.9 Å². The Morgan fingerprint density at radius 2 is 1.96 bits per heavy atom. The van der Waals surface area contributed by atoms with Crippen molar-refractivity contribution >= 4 is 23.6 Å². The number of benzene rings is 1. The van der Waals surface area contributed by atoms with Gasteiger partial charge >= 0.3 is 5.97 Å². The maximum absolute atomic E-state index is 12.6. The van der Waals surface area contributed by atoms with Crippen LogP contribution < -0.4 is 0 Å². The van der Waals surface area contributed by atoms with Gasteiger partial charge in [-0.25, -0.2) is 9.80 Å². The first-order valence-corrected chi connectivity index (χ1v) is 8.68. The summed E-state index contributed by atoms with van der Waals surface area (Å²) < 4.78 is 5.01. The molecule has 1 aromatic rings. The predicted octanol–water partition coefficient (Wildman–Crippen LogP) is 2.72. The molecular formula is C17H20N2O3S. The summed E-state index contributed by atoms with van der Waals surface area (Å²) in [4.78, 5) is 25.0. The second-order valence-corrected chi connectivity index (χ2v) is 7.06. The Morgan fingerprint density at radius 1 is 1.30 bits per heavy atom. The lowest BCUT2D eigenvalue weighted by atomic mass is 9.93. The second kappa shape index (κ2) is 5.69. The molecule has 3 rings (SSSR count). The van der Waals surface area contributed by atoms with Gasteiger partial charge in [0.2, 0.25) is 5.91 Å². The number of carbonyl (C=O) groups excluding carboxylic acids is 2. The molecule has 23 heavy (non-hydrogen) atoms. The molecule has 1 amide bonds. The van der Waals surface area contributed by atoms with Crippen LogP contribution in [0.5, 0.6) is 0 Å². The first-order chi connectivity index (χ1) is 10.9. The summed E-state index contributed by atoms with van der Waals surface area (Å²) in [7, 11) is 1.38. The van der Waals surface area contributed by atoms with Crippen molar-refractivity contribution in [2.24, 2.45) is 0 Å². The van der Waals surface area contributed by atoms with Crippen molar-refractivity contribution in [2.45, 2.75) is 31.8 Å². The first kappa shape index (κ1) is 16.1. The molecule has 5 nitrogen and oxygen atoms in total. The van der Waals surface area contributed by atoms with Crippen molar-refractivity contribution < 1.29 is 14.3 Å². The standard InChI is InChI=1S/C17H20N2O3S/c1-17(2)10-12(20)18-15(23-4)13(16(21)22-3)14(19(17)18)11-8-6-5-7-9-11/h5-9,14H,10H2,1-4H3. The van der Waals surface area contributed by atoms with Crippen LogP contribution in [0.1, 0.15) is 31.9 Å². The largest absolute Gasteiger partial charge is 0.466 e. The molecule has 1 saturated heterocycles. The lowest BCUT2D eigenvalue weighted by Crippen LogP contribution is -2.44. The highest BCUT2D eigenvalue weighted by atomic mass is 32.2. The highest BCUT2D eigenvalue weighted by Crippen LogP contribution is 2.51. The Kier molecular flexibility index (Phi) is 3.98. The molecule has 1 aromatic carbocycles. The lowest BCUT2D eigenvalue weighted by Gasteiger charge is -2.36. The average Bonchev–Trinajstić information content (AvgIpc) is 3.01. The molecule has 0 aliphatic carbocycles. The number of amides is 1. The average molecular weight is 332 g/mol. The topological polar surface area (TPSA) is 49.9 Å². The fourth-order valence-electron chi connectivity index (χ4n) is 3.39. The van der Waals surface area contributed by atoms with Crippen molar-refractivity contribution in [3.05, 3.63) is 46.5 Å². The molecule has 2 aliphatic rings. The molecular weight excluding hydrogens is 312 g/mol. The molecule has 0 N–H and O–H groups in total. The first-order valence-electron chi connectivity index (χ1n) is 7.46. The van der Waals surface area contributed by atoms with Gasteiger partial charge in [-0.05, 0) is 25.7 Å². The van der Waals surface area contributed by atoms with Gasteiger partial charge < -0.3 is 4.74 Å². The van der Waals surface area contributed by atoms with Crippen molar-refractivity contribution in [2.75, 3.05) is 13.4 Å². The van der Waals surface area contributed by atoms with E-state index in [1.54, 1.807) is 5.01 Å². The van der Waals surface area contributed by atoms with Crippen LogP contribution in [-0.2, 0) is 14.3 Å². The zero-order chi connectivity index (χ0) is 16.8. The van der Waals surface area contributed by atoms with Gasteiger partial charge in [-0.3, -0.25) is 4.79 Å². The van der Waals surface area contributed by atoms with Gasteiger partial charge in [0.1, 0.15) is 5.03 Å². The highest BCUT2D eigenvalue weighted by Gasteiger charge is 2.56. The number of esters is 1. The summed E-state index contributed by atoms with van der Waals surface area (Å²) in [6.07, 6.45) is 2.30. The Bertz CT molecular complexity index is 684. The molecule has 1 unspecified atom stereocenters. The van der Waals surface area contributed by atoms with Crippen molar-refractivity contribution in [1.82, 2.24) is 10.0 Å². The molecule has 122 valence electrons. The summed E-state index contributed by atoms with van der Waals surface area (Å²) in [6, 6.07) is 9.47. The minimum atomic E-state index is -0.388. The van der Waals surface area contributed by atoms with Crippen LogP contribution in [-0.4, -0.2) is 40.8 Å². The van der Waals surface area contributed by atoms with E-state index in [0.29, 0.717) is 17.0 Å². The van der Waals surface area contributed by atoms with Gasteiger partial charge in [0.05, 0.1) is 18.7 Å². The maximum Gasteiger partial charge on any atom is 0.338 e. The summed E-state index contributed by atoms with van der Waals surface area (Å²) in [5.41, 5.74) is 1.14. The summed E-state index contributed by atoms with van der Waals surface area (Å²) >= 11 is 1.41. The summed E-state index contributed by atoms with van der Waals surface area (Å²) in [6.45, 7) is 4.05. The van der Waals surface area contributed by atoms with E-state index < -0.39 is 0 Å².